The molecule has 1 aromatic carbocycles. The number of sulfone groups is 1. The number of hydrogen-bond donors (Lipinski definition) is 2. The minimum atomic E-state index is -3.20. The van der Waals surface area contributed by atoms with E-state index < -0.39 is 20.4 Å². The second-order valence-corrected chi connectivity index (χ2v) is 7.99. The molecule has 0 aliphatic heterocycles. The van der Waals surface area contributed by atoms with Crippen molar-refractivity contribution in [3.05, 3.63) is 29.6 Å². The normalized spacial score (nSPS) is 14.4. The third kappa shape index (κ3) is 3.91. The van der Waals surface area contributed by atoms with E-state index in [1.165, 1.54) is 24.5 Å². The summed E-state index contributed by atoms with van der Waals surface area (Å²) < 4.78 is 35.4. The van der Waals surface area contributed by atoms with Crippen LogP contribution in [-0.2, 0) is 9.84 Å². The quantitative estimate of drug-likeness (QED) is 0.870. The zero-order valence-electron chi connectivity index (χ0n) is 11.6. The Balaban J connectivity index is 2.81. The zero-order chi connectivity index (χ0) is 14.8. The molecule has 6 heteroatoms. The van der Waals surface area contributed by atoms with E-state index in [4.69, 9.17) is 0 Å². The Kier molecular flexibility index (Phi) is 4.58. The largest absolute Gasteiger partial charge is 0.508 e. The van der Waals surface area contributed by atoms with Crippen LogP contribution < -0.4 is 5.32 Å². The molecule has 0 saturated carbocycles. The lowest BCUT2D eigenvalue weighted by molar-refractivity contribution is 0.440. The molecule has 2 N–H and O–H groups in total. The number of phenols is 1. The fraction of sp³-hybridized carbons (Fsp3) is 0.538. The molecule has 0 amide bonds. The number of halogens is 1. The van der Waals surface area contributed by atoms with Crippen LogP contribution in [0, 0.1) is 5.82 Å². The Morgan fingerprint density at radius 3 is 2.53 bits per heavy atom. The molecule has 1 unspecified atom stereocenters. The van der Waals surface area contributed by atoms with Gasteiger partial charge in [-0.1, -0.05) is 0 Å². The van der Waals surface area contributed by atoms with E-state index in [-0.39, 0.29) is 18.3 Å². The Labute approximate surface area is 113 Å². The smallest absolute Gasteiger partial charge is 0.153 e. The first kappa shape index (κ1) is 15.9. The third-order valence-corrected chi connectivity index (χ3v) is 5.45. The van der Waals surface area contributed by atoms with Gasteiger partial charge in [0.2, 0.25) is 0 Å². The minimum absolute atomic E-state index is 0.0152. The third-order valence-electron chi connectivity index (χ3n) is 3.29. The van der Waals surface area contributed by atoms with Crippen LogP contribution in [0.25, 0.3) is 0 Å². The van der Waals surface area contributed by atoms with Crippen LogP contribution in [0.15, 0.2) is 18.2 Å². The highest BCUT2D eigenvalue weighted by atomic mass is 32.2. The fourth-order valence-corrected chi connectivity index (χ4v) is 1.86. The van der Waals surface area contributed by atoms with Gasteiger partial charge in [-0.3, -0.25) is 0 Å². The van der Waals surface area contributed by atoms with Crippen LogP contribution in [-0.4, -0.2) is 31.1 Å². The lowest BCUT2D eigenvalue weighted by Crippen LogP contribution is -2.42. The van der Waals surface area contributed by atoms with E-state index in [9.17, 15) is 17.9 Å². The van der Waals surface area contributed by atoms with Crippen molar-refractivity contribution in [3.63, 3.8) is 0 Å². The second-order valence-electron chi connectivity index (χ2n) is 5.34. The summed E-state index contributed by atoms with van der Waals surface area (Å²) in [6.07, 6.45) is 1.18. The van der Waals surface area contributed by atoms with Crippen LogP contribution in [0.2, 0.25) is 0 Å². The molecule has 0 fully saturated rings. The molecular formula is C13H20FNO3S. The van der Waals surface area contributed by atoms with Gasteiger partial charge in [0.1, 0.15) is 11.6 Å². The SMILES string of the molecule is CC(NCC(C)(C)S(C)(=O)=O)c1cc(F)ccc1O. The number of hydrogen-bond acceptors (Lipinski definition) is 4. The van der Waals surface area contributed by atoms with E-state index >= 15 is 0 Å². The molecule has 0 aromatic heterocycles. The van der Waals surface area contributed by atoms with Gasteiger partial charge in [-0.15, -0.1) is 0 Å². The maximum absolute atomic E-state index is 13.1. The molecule has 1 rings (SSSR count). The fourth-order valence-electron chi connectivity index (χ4n) is 1.51. The average molecular weight is 289 g/mol. The number of rotatable bonds is 5. The highest BCUT2D eigenvalue weighted by Gasteiger charge is 2.30. The minimum Gasteiger partial charge on any atom is -0.508 e. The zero-order valence-corrected chi connectivity index (χ0v) is 12.4. The first-order valence-corrected chi connectivity index (χ1v) is 7.85. The van der Waals surface area contributed by atoms with Crippen LogP contribution >= 0.6 is 0 Å². The molecule has 0 radical (unpaired) electrons. The number of phenolic OH excluding ortho intramolecular Hbond substituents is 1. The molecule has 4 nitrogen and oxygen atoms in total. The molecule has 108 valence electrons. The van der Waals surface area contributed by atoms with Gasteiger partial charge in [0.15, 0.2) is 9.84 Å². The number of aromatic hydroxyl groups is 1. The standard InChI is InChI=1S/C13H20FNO3S/c1-9(11-7-10(14)5-6-12(11)16)15-8-13(2,3)19(4,17)18/h5-7,9,15-16H,8H2,1-4H3. The summed E-state index contributed by atoms with van der Waals surface area (Å²) in [5, 5.41) is 12.7. The first-order valence-electron chi connectivity index (χ1n) is 5.96. The summed E-state index contributed by atoms with van der Waals surface area (Å²) in [6.45, 7) is 5.19. The van der Waals surface area contributed by atoms with Crippen LogP contribution in [0.4, 0.5) is 4.39 Å². The van der Waals surface area contributed by atoms with Crippen molar-refractivity contribution in [1.82, 2.24) is 5.32 Å². The van der Waals surface area contributed by atoms with E-state index in [2.05, 4.69) is 5.32 Å². The average Bonchev–Trinajstić information content (AvgIpc) is 2.28. The molecule has 0 saturated heterocycles. The summed E-state index contributed by atoms with van der Waals surface area (Å²) in [6, 6.07) is 3.34. The highest BCUT2D eigenvalue weighted by molar-refractivity contribution is 7.92. The van der Waals surface area contributed by atoms with Crippen molar-refractivity contribution in [2.75, 3.05) is 12.8 Å². The van der Waals surface area contributed by atoms with Gasteiger partial charge in [0, 0.05) is 24.4 Å². The molecule has 1 atom stereocenters. The van der Waals surface area contributed by atoms with Gasteiger partial charge in [-0.2, -0.15) is 0 Å². The second kappa shape index (κ2) is 5.46. The molecule has 1 aromatic rings. The Bertz CT molecular complexity index is 555. The summed E-state index contributed by atoms with van der Waals surface area (Å²) >= 11 is 0. The van der Waals surface area contributed by atoms with Crippen molar-refractivity contribution < 1.29 is 17.9 Å². The predicted molar refractivity (Wildman–Crippen MR) is 73.4 cm³/mol. The van der Waals surface area contributed by atoms with E-state index in [0.717, 1.165) is 0 Å². The summed E-state index contributed by atoms with van der Waals surface area (Å²) in [4.78, 5) is 0. The highest BCUT2D eigenvalue weighted by Crippen LogP contribution is 2.25. The van der Waals surface area contributed by atoms with Gasteiger partial charge < -0.3 is 10.4 Å². The molecule has 0 heterocycles. The van der Waals surface area contributed by atoms with E-state index in [1.807, 2.05) is 0 Å². The lowest BCUT2D eigenvalue weighted by Gasteiger charge is -2.25. The Morgan fingerprint density at radius 1 is 1.42 bits per heavy atom. The van der Waals surface area contributed by atoms with Gasteiger partial charge in [-0.05, 0) is 39.0 Å². The summed E-state index contributed by atoms with van der Waals surface area (Å²) in [5.74, 6) is -0.456. The van der Waals surface area contributed by atoms with Crippen molar-refractivity contribution in [3.8, 4) is 5.75 Å². The maximum atomic E-state index is 13.1. The molecule has 19 heavy (non-hydrogen) atoms. The number of benzene rings is 1. The molecule has 0 aliphatic carbocycles. The van der Waals surface area contributed by atoms with Crippen LogP contribution in [0.3, 0.4) is 0 Å². The van der Waals surface area contributed by atoms with Gasteiger partial charge in [0.25, 0.3) is 0 Å². The first-order chi connectivity index (χ1) is 8.54. The summed E-state index contributed by atoms with van der Waals surface area (Å²) in [7, 11) is -3.20. The Hall–Kier alpha value is -1.14. The van der Waals surface area contributed by atoms with Gasteiger partial charge in [-0.25, -0.2) is 12.8 Å². The topological polar surface area (TPSA) is 66.4 Å². The van der Waals surface area contributed by atoms with E-state index in [0.29, 0.717) is 5.56 Å². The molecule has 0 spiro atoms. The summed E-state index contributed by atoms with van der Waals surface area (Å²) in [5.41, 5.74) is 0.407. The number of nitrogens with one attached hydrogen (secondary N) is 1. The van der Waals surface area contributed by atoms with Crippen molar-refractivity contribution in [1.29, 1.82) is 0 Å². The lowest BCUT2D eigenvalue weighted by atomic mass is 10.1. The van der Waals surface area contributed by atoms with Crippen molar-refractivity contribution >= 4 is 9.84 Å². The molecule has 0 aliphatic rings. The van der Waals surface area contributed by atoms with Gasteiger partial charge in [0.05, 0.1) is 4.75 Å². The Morgan fingerprint density at radius 2 is 2.00 bits per heavy atom. The van der Waals surface area contributed by atoms with Crippen LogP contribution in [0.1, 0.15) is 32.4 Å². The molecule has 0 bridgehead atoms. The van der Waals surface area contributed by atoms with Crippen molar-refractivity contribution in [2.45, 2.75) is 31.6 Å². The predicted octanol–water partition coefficient (Wildman–Crippen LogP) is 2.01. The monoisotopic (exact) mass is 289 g/mol. The van der Waals surface area contributed by atoms with E-state index in [1.54, 1.807) is 20.8 Å². The molecular weight excluding hydrogens is 269 g/mol. The van der Waals surface area contributed by atoms with Crippen molar-refractivity contribution in [2.24, 2.45) is 0 Å². The van der Waals surface area contributed by atoms with Crippen LogP contribution in [0.5, 0.6) is 5.75 Å². The van der Waals surface area contributed by atoms with Gasteiger partial charge >= 0.3 is 0 Å². The maximum Gasteiger partial charge on any atom is 0.153 e.